The third kappa shape index (κ3) is 5.14. The van der Waals surface area contributed by atoms with Gasteiger partial charge in [-0.1, -0.05) is 24.3 Å². The van der Waals surface area contributed by atoms with Gasteiger partial charge < -0.3 is 4.74 Å². The van der Waals surface area contributed by atoms with Crippen molar-refractivity contribution in [2.45, 2.75) is 25.3 Å². The van der Waals surface area contributed by atoms with Crippen molar-refractivity contribution in [1.82, 2.24) is 4.98 Å². The number of para-hydroxylation sites is 1. The molecule has 0 unspecified atom stereocenters. The van der Waals surface area contributed by atoms with Crippen molar-refractivity contribution in [1.29, 1.82) is 0 Å². The van der Waals surface area contributed by atoms with E-state index in [-0.39, 0.29) is 23.0 Å². The Morgan fingerprint density at radius 2 is 1.81 bits per heavy atom. The van der Waals surface area contributed by atoms with Crippen molar-refractivity contribution in [3.8, 4) is 0 Å². The highest BCUT2D eigenvalue weighted by Gasteiger charge is 2.23. The molecule has 8 nitrogen and oxygen atoms in total. The van der Waals surface area contributed by atoms with Gasteiger partial charge in [0.15, 0.2) is 5.13 Å². The molecular weight excluding hydrogens is 450 g/mol. The van der Waals surface area contributed by atoms with Gasteiger partial charge in [-0.05, 0) is 37.3 Å². The maximum absolute atomic E-state index is 13.0. The van der Waals surface area contributed by atoms with Crippen LogP contribution < -0.4 is 9.21 Å². The Balaban J connectivity index is 1.72. The first-order chi connectivity index (χ1) is 15.2. The molecular formula is C22H23N3O5S2. The molecule has 1 aromatic heterocycles. The number of nitrogens with zero attached hydrogens (tertiary/aromatic N) is 3. The molecule has 0 aliphatic heterocycles. The first-order valence-corrected chi connectivity index (χ1v) is 12.1. The highest BCUT2D eigenvalue weighted by atomic mass is 32.2. The van der Waals surface area contributed by atoms with Gasteiger partial charge in [-0.15, -0.1) is 11.3 Å². The van der Waals surface area contributed by atoms with E-state index >= 15 is 0 Å². The topological polar surface area (TPSA) is 96.9 Å². The number of hydrogen-bond acceptors (Lipinski definition) is 7. The third-order valence-corrected chi connectivity index (χ3v) is 7.36. The number of anilines is 2. The molecule has 0 saturated heterocycles. The summed E-state index contributed by atoms with van der Waals surface area (Å²) in [5.41, 5.74) is 1.12. The molecule has 0 fully saturated rings. The number of sulfonamides is 1. The molecule has 32 heavy (non-hydrogen) atoms. The quantitative estimate of drug-likeness (QED) is 0.463. The average Bonchev–Trinajstić information content (AvgIpc) is 3.26. The second-order valence-electron chi connectivity index (χ2n) is 6.80. The van der Waals surface area contributed by atoms with Crippen molar-refractivity contribution in [2.24, 2.45) is 0 Å². The number of amides is 1. The van der Waals surface area contributed by atoms with E-state index in [1.165, 1.54) is 54.5 Å². The first kappa shape index (κ1) is 23.4. The number of hydrogen-bond donors (Lipinski definition) is 0. The molecule has 3 aromatic rings. The molecule has 10 heteroatoms. The minimum Gasteiger partial charge on any atom is -0.456 e. The molecule has 0 N–H and O–H groups in total. The Kier molecular flexibility index (Phi) is 7.26. The van der Waals surface area contributed by atoms with Gasteiger partial charge in [0, 0.05) is 25.9 Å². The number of ether oxygens (including phenoxy) is 1. The summed E-state index contributed by atoms with van der Waals surface area (Å²) in [6, 6.07) is 14.4. The largest absolute Gasteiger partial charge is 0.456 e. The highest BCUT2D eigenvalue weighted by molar-refractivity contribution is 7.92. The van der Waals surface area contributed by atoms with Crippen LogP contribution in [0.4, 0.5) is 10.8 Å². The van der Waals surface area contributed by atoms with E-state index < -0.39 is 16.0 Å². The molecule has 0 bridgehead atoms. The molecule has 1 heterocycles. The summed E-state index contributed by atoms with van der Waals surface area (Å²) >= 11 is 1.28. The van der Waals surface area contributed by atoms with Crippen molar-refractivity contribution in [3.63, 3.8) is 0 Å². The van der Waals surface area contributed by atoms with Crippen molar-refractivity contribution >= 4 is 44.1 Å². The van der Waals surface area contributed by atoms with Crippen LogP contribution in [-0.2, 0) is 26.2 Å². The highest BCUT2D eigenvalue weighted by Crippen LogP contribution is 2.24. The minimum atomic E-state index is -3.86. The van der Waals surface area contributed by atoms with Crippen LogP contribution in [0.15, 0.2) is 64.9 Å². The van der Waals surface area contributed by atoms with Gasteiger partial charge in [0.1, 0.15) is 6.61 Å². The van der Waals surface area contributed by atoms with Gasteiger partial charge in [-0.25, -0.2) is 18.2 Å². The van der Waals surface area contributed by atoms with Crippen LogP contribution in [0, 0.1) is 0 Å². The summed E-state index contributed by atoms with van der Waals surface area (Å²) in [6.45, 7) is 3.70. The Hall–Kier alpha value is -3.24. The zero-order valence-electron chi connectivity index (χ0n) is 17.9. The Morgan fingerprint density at radius 1 is 1.09 bits per heavy atom. The molecule has 168 valence electrons. The van der Waals surface area contributed by atoms with Crippen LogP contribution in [0.1, 0.15) is 29.9 Å². The van der Waals surface area contributed by atoms with E-state index in [9.17, 15) is 18.0 Å². The van der Waals surface area contributed by atoms with E-state index in [0.29, 0.717) is 23.1 Å². The lowest BCUT2D eigenvalue weighted by atomic mass is 10.2. The molecule has 0 aliphatic rings. The van der Waals surface area contributed by atoms with Gasteiger partial charge in [0.2, 0.25) is 5.91 Å². The number of benzene rings is 2. The monoisotopic (exact) mass is 473 g/mol. The van der Waals surface area contributed by atoms with Gasteiger partial charge in [-0.2, -0.15) is 0 Å². The van der Waals surface area contributed by atoms with Gasteiger partial charge in [-0.3, -0.25) is 14.0 Å². The summed E-state index contributed by atoms with van der Waals surface area (Å²) in [4.78, 5) is 30.0. The van der Waals surface area contributed by atoms with E-state index in [0.717, 1.165) is 4.31 Å². The maximum atomic E-state index is 13.0. The van der Waals surface area contributed by atoms with Crippen molar-refractivity contribution in [2.75, 3.05) is 22.8 Å². The van der Waals surface area contributed by atoms with Crippen LogP contribution in [0.25, 0.3) is 0 Å². The second-order valence-corrected chi connectivity index (χ2v) is 9.60. The Bertz CT molecular complexity index is 1210. The summed E-state index contributed by atoms with van der Waals surface area (Å²) in [5.74, 6) is -0.790. The SMILES string of the molecule is CCN(C(C)=O)c1nc(COC(=O)c2cccc(S(=O)(=O)N(C)c3ccccc3)c2)cs1. The minimum absolute atomic E-state index is 0.0192. The van der Waals surface area contributed by atoms with Crippen LogP contribution in [0.5, 0.6) is 0 Å². The van der Waals surface area contributed by atoms with Crippen molar-refractivity contribution in [3.05, 3.63) is 71.2 Å². The number of aromatic nitrogens is 1. The second kappa shape index (κ2) is 9.92. The van der Waals surface area contributed by atoms with Gasteiger partial charge in [0.25, 0.3) is 10.0 Å². The number of esters is 1. The Labute approximate surface area is 191 Å². The zero-order valence-corrected chi connectivity index (χ0v) is 19.5. The van der Waals surface area contributed by atoms with Crippen LogP contribution in [0.3, 0.4) is 0 Å². The smallest absolute Gasteiger partial charge is 0.338 e. The van der Waals surface area contributed by atoms with Crippen LogP contribution in [-0.4, -0.2) is 38.9 Å². The number of rotatable bonds is 8. The number of thiazole rings is 1. The summed E-state index contributed by atoms with van der Waals surface area (Å²) in [6.07, 6.45) is 0. The molecule has 0 atom stereocenters. The zero-order chi connectivity index (χ0) is 23.3. The molecule has 0 radical (unpaired) electrons. The van der Waals surface area contributed by atoms with E-state index in [1.54, 1.807) is 35.7 Å². The molecule has 3 rings (SSSR count). The maximum Gasteiger partial charge on any atom is 0.338 e. The predicted octanol–water partition coefficient (Wildman–Crippen LogP) is 3.70. The van der Waals surface area contributed by atoms with Crippen molar-refractivity contribution < 1.29 is 22.7 Å². The summed E-state index contributed by atoms with van der Waals surface area (Å²) in [7, 11) is -2.40. The molecule has 2 aromatic carbocycles. The van der Waals surface area contributed by atoms with E-state index in [2.05, 4.69) is 4.98 Å². The lowest BCUT2D eigenvalue weighted by Gasteiger charge is -2.19. The Morgan fingerprint density at radius 3 is 2.47 bits per heavy atom. The fourth-order valence-corrected chi connectivity index (χ4v) is 5.08. The molecule has 0 spiro atoms. The predicted molar refractivity (Wildman–Crippen MR) is 123 cm³/mol. The third-order valence-electron chi connectivity index (χ3n) is 4.67. The fraction of sp³-hybridized carbons (Fsp3) is 0.227. The first-order valence-electron chi connectivity index (χ1n) is 9.77. The summed E-state index contributed by atoms with van der Waals surface area (Å²) in [5, 5.41) is 2.24. The van der Waals surface area contributed by atoms with E-state index in [1.807, 2.05) is 6.92 Å². The molecule has 0 aliphatic carbocycles. The van der Waals surface area contributed by atoms with Gasteiger partial charge in [0.05, 0.1) is 21.8 Å². The normalized spacial score (nSPS) is 11.1. The molecule has 0 saturated carbocycles. The fourth-order valence-electron chi connectivity index (χ4n) is 2.92. The van der Waals surface area contributed by atoms with Crippen LogP contribution >= 0.6 is 11.3 Å². The molecule has 1 amide bonds. The van der Waals surface area contributed by atoms with Gasteiger partial charge >= 0.3 is 5.97 Å². The number of carbonyl (C=O) groups is 2. The van der Waals surface area contributed by atoms with E-state index in [4.69, 9.17) is 4.74 Å². The number of carbonyl (C=O) groups excluding carboxylic acids is 2. The average molecular weight is 474 g/mol. The lowest BCUT2D eigenvalue weighted by molar-refractivity contribution is -0.116. The lowest BCUT2D eigenvalue weighted by Crippen LogP contribution is -2.27. The summed E-state index contributed by atoms with van der Waals surface area (Å²) < 4.78 is 32.4. The standard InChI is InChI=1S/C22H23N3O5S2/c1-4-25(16(2)26)22-23-18(15-31-22)14-30-21(27)17-9-8-12-20(13-17)32(28,29)24(3)19-10-6-5-7-11-19/h5-13,15H,4,14H2,1-3H3. The van der Waals surface area contributed by atoms with Crippen LogP contribution in [0.2, 0.25) is 0 Å².